The Morgan fingerprint density at radius 1 is 1.13 bits per heavy atom. The number of amides is 2. The maximum absolute atomic E-state index is 13.5. The zero-order valence-electron chi connectivity index (χ0n) is 22.3. The van der Waals surface area contributed by atoms with E-state index in [0.717, 1.165) is 51.3 Å². The number of aromatic nitrogens is 3. The molecular weight excluding hydrogens is 521 g/mol. The zero-order valence-corrected chi connectivity index (χ0v) is 23.1. The Hall–Kier alpha value is -3.19. The predicted octanol–water partition coefficient (Wildman–Crippen LogP) is 2.49. The summed E-state index contributed by atoms with van der Waals surface area (Å²) in [6.07, 6.45) is 7.62. The maximum Gasteiger partial charge on any atom is 0.263 e. The highest BCUT2D eigenvalue weighted by atomic mass is 32.1. The van der Waals surface area contributed by atoms with Gasteiger partial charge in [0.15, 0.2) is 5.13 Å². The largest absolute Gasteiger partial charge is 0.380 e. The van der Waals surface area contributed by atoms with E-state index >= 15 is 0 Å². The summed E-state index contributed by atoms with van der Waals surface area (Å²) in [6, 6.07) is 6.08. The van der Waals surface area contributed by atoms with Crippen LogP contribution in [0.5, 0.6) is 0 Å². The van der Waals surface area contributed by atoms with Gasteiger partial charge in [-0.1, -0.05) is 23.5 Å². The number of carbonyl (C=O) groups is 2. The molecule has 3 heterocycles. The van der Waals surface area contributed by atoms with Gasteiger partial charge < -0.3 is 14.6 Å². The van der Waals surface area contributed by atoms with Gasteiger partial charge in [-0.05, 0) is 31.0 Å². The molecule has 2 aromatic heterocycles. The van der Waals surface area contributed by atoms with Crippen LogP contribution in [0.3, 0.4) is 0 Å². The van der Waals surface area contributed by atoms with Gasteiger partial charge in [0.25, 0.3) is 5.91 Å². The second-order valence-corrected chi connectivity index (χ2v) is 10.3. The Labute approximate surface area is 232 Å². The van der Waals surface area contributed by atoms with E-state index in [1.165, 1.54) is 29.7 Å². The topological polar surface area (TPSA) is 95.8 Å². The van der Waals surface area contributed by atoms with Crippen LogP contribution in [-0.4, -0.2) is 95.2 Å². The number of nitrogens with one attached hydrogen (secondary N) is 1. The number of hydrogen-bond donors (Lipinski definition) is 1. The third kappa shape index (κ3) is 8.92. The van der Waals surface area contributed by atoms with Crippen LogP contribution in [0.1, 0.15) is 28.6 Å². The Bertz CT molecular complexity index is 1160. The minimum absolute atomic E-state index is 0.108. The van der Waals surface area contributed by atoms with Crippen molar-refractivity contribution in [3.8, 4) is 0 Å². The van der Waals surface area contributed by atoms with E-state index in [1.54, 1.807) is 29.6 Å². The number of thiazole rings is 1. The molecule has 0 unspecified atom stereocenters. The van der Waals surface area contributed by atoms with E-state index < -0.39 is 0 Å². The predicted molar refractivity (Wildman–Crippen MR) is 148 cm³/mol. The second-order valence-electron chi connectivity index (χ2n) is 9.34. The summed E-state index contributed by atoms with van der Waals surface area (Å²) in [4.78, 5) is 41.2. The monoisotopic (exact) mass is 557 g/mol. The normalized spacial score (nSPS) is 14.4. The fourth-order valence-corrected chi connectivity index (χ4v) is 5.13. The molecule has 3 aromatic rings. The molecule has 0 atom stereocenters. The molecule has 0 bridgehead atoms. The molecule has 1 saturated heterocycles. The van der Waals surface area contributed by atoms with Gasteiger partial charge in [-0.2, -0.15) is 0 Å². The fourth-order valence-electron chi connectivity index (χ4n) is 4.28. The molecule has 0 saturated carbocycles. The maximum atomic E-state index is 13.5. The first kappa shape index (κ1) is 28.8. The second kappa shape index (κ2) is 14.8. The minimum Gasteiger partial charge on any atom is -0.380 e. The first-order valence-corrected chi connectivity index (χ1v) is 14.1. The molecule has 12 heteroatoms. The smallest absolute Gasteiger partial charge is 0.263 e. The number of rotatable bonds is 14. The van der Waals surface area contributed by atoms with Crippen molar-refractivity contribution < 1.29 is 18.7 Å². The standard InChI is InChI=1S/C27H36FN7O3S/c1-2-38-17-16-32-12-14-33(15-13-32)20-25(36)35(19-22-4-6-23(28)7-5-22)27-31-18-24(39-27)26(37)30-8-3-10-34-11-9-29-21-34/h4-7,9,11,18,21H,2-3,8,10,12-17,19-20H2,1H3,(H,30,37). The van der Waals surface area contributed by atoms with Crippen LogP contribution >= 0.6 is 11.3 Å². The summed E-state index contributed by atoms with van der Waals surface area (Å²) in [6.45, 7) is 9.39. The summed E-state index contributed by atoms with van der Waals surface area (Å²) >= 11 is 1.18. The van der Waals surface area contributed by atoms with Crippen molar-refractivity contribution in [3.63, 3.8) is 0 Å². The number of anilines is 1. The van der Waals surface area contributed by atoms with Gasteiger partial charge in [0.05, 0.1) is 32.2 Å². The molecule has 10 nitrogen and oxygen atoms in total. The number of aryl methyl sites for hydroxylation is 1. The highest BCUT2D eigenvalue weighted by Crippen LogP contribution is 2.25. The molecule has 39 heavy (non-hydrogen) atoms. The third-order valence-corrected chi connectivity index (χ3v) is 7.54. The molecule has 1 N–H and O–H groups in total. The third-order valence-electron chi connectivity index (χ3n) is 6.52. The molecule has 2 amide bonds. The van der Waals surface area contributed by atoms with Gasteiger partial charge in [-0.25, -0.2) is 14.4 Å². The zero-order chi connectivity index (χ0) is 27.5. The van der Waals surface area contributed by atoms with E-state index in [2.05, 4.69) is 25.1 Å². The van der Waals surface area contributed by atoms with Gasteiger partial charge in [0.1, 0.15) is 10.7 Å². The lowest BCUT2D eigenvalue weighted by molar-refractivity contribution is -0.120. The van der Waals surface area contributed by atoms with E-state index in [9.17, 15) is 14.0 Å². The van der Waals surface area contributed by atoms with E-state index in [0.29, 0.717) is 29.8 Å². The summed E-state index contributed by atoms with van der Waals surface area (Å²) in [5.41, 5.74) is 0.784. The molecule has 4 rings (SSSR count). The summed E-state index contributed by atoms with van der Waals surface area (Å²) < 4.78 is 20.9. The van der Waals surface area contributed by atoms with Gasteiger partial charge in [-0.3, -0.25) is 24.3 Å². The average molecular weight is 558 g/mol. The van der Waals surface area contributed by atoms with Crippen LogP contribution in [0.15, 0.2) is 49.2 Å². The summed E-state index contributed by atoms with van der Waals surface area (Å²) in [5, 5.41) is 3.37. The number of carbonyl (C=O) groups excluding carboxylic acids is 2. The molecule has 1 aromatic carbocycles. The number of hydrogen-bond acceptors (Lipinski definition) is 8. The van der Waals surface area contributed by atoms with Crippen LogP contribution in [0.4, 0.5) is 9.52 Å². The van der Waals surface area contributed by atoms with Crippen LogP contribution < -0.4 is 10.2 Å². The van der Waals surface area contributed by atoms with E-state index in [4.69, 9.17) is 4.74 Å². The van der Waals surface area contributed by atoms with Crippen molar-refractivity contribution in [2.45, 2.75) is 26.4 Å². The molecule has 1 aliphatic rings. The number of benzene rings is 1. The number of piperazine rings is 1. The average Bonchev–Trinajstić information content (AvgIpc) is 3.65. The molecule has 0 aliphatic carbocycles. The Balaban J connectivity index is 1.35. The van der Waals surface area contributed by atoms with Crippen molar-refractivity contribution in [2.24, 2.45) is 0 Å². The molecule has 0 spiro atoms. The number of ether oxygens (including phenoxy) is 1. The van der Waals surface area contributed by atoms with E-state index in [-0.39, 0.29) is 30.7 Å². The quantitative estimate of drug-likeness (QED) is 0.304. The SMILES string of the molecule is CCOCCN1CCN(CC(=O)N(Cc2ccc(F)cc2)c2ncc(C(=O)NCCCn3ccnc3)s2)CC1. The summed E-state index contributed by atoms with van der Waals surface area (Å²) in [7, 11) is 0. The van der Waals surface area contributed by atoms with Crippen molar-refractivity contribution in [1.82, 2.24) is 29.7 Å². The van der Waals surface area contributed by atoms with Gasteiger partial charge in [0.2, 0.25) is 5.91 Å². The Morgan fingerprint density at radius 3 is 2.62 bits per heavy atom. The van der Waals surface area contributed by atoms with Crippen molar-refractivity contribution >= 4 is 28.3 Å². The lowest BCUT2D eigenvalue weighted by Crippen LogP contribution is -2.50. The Kier molecular flexibility index (Phi) is 11.0. The number of halogens is 1. The molecular formula is C27H36FN7O3S. The molecule has 1 fully saturated rings. The molecule has 0 radical (unpaired) electrons. The molecule has 1 aliphatic heterocycles. The van der Waals surface area contributed by atoms with Crippen LogP contribution in [0.25, 0.3) is 0 Å². The Morgan fingerprint density at radius 2 is 1.90 bits per heavy atom. The lowest BCUT2D eigenvalue weighted by atomic mass is 10.2. The van der Waals surface area contributed by atoms with Crippen LogP contribution in [0.2, 0.25) is 0 Å². The number of imidazole rings is 1. The van der Waals surface area contributed by atoms with Gasteiger partial charge in [-0.15, -0.1) is 0 Å². The lowest BCUT2D eigenvalue weighted by Gasteiger charge is -2.35. The first-order chi connectivity index (χ1) is 19.0. The van der Waals surface area contributed by atoms with Gasteiger partial charge in [0, 0.05) is 64.8 Å². The first-order valence-electron chi connectivity index (χ1n) is 13.3. The summed E-state index contributed by atoms with van der Waals surface area (Å²) in [5.74, 6) is -0.662. The van der Waals surface area contributed by atoms with Crippen molar-refractivity contribution in [2.75, 3.05) is 63.9 Å². The highest BCUT2D eigenvalue weighted by molar-refractivity contribution is 7.17. The highest BCUT2D eigenvalue weighted by Gasteiger charge is 2.25. The van der Waals surface area contributed by atoms with Crippen molar-refractivity contribution in [1.29, 1.82) is 0 Å². The fraction of sp³-hybridized carbons (Fsp3) is 0.481. The van der Waals surface area contributed by atoms with E-state index in [1.807, 2.05) is 17.7 Å². The van der Waals surface area contributed by atoms with Gasteiger partial charge >= 0.3 is 0 Å². The van der Waals surface area contributed by atoms with Crippen LogP contribution in [-0.2, 0) is 22.6 Å². The minimum atomic E-state index is -0.333. The van der Waals surface area contributed by atoms with Crippen LogP contribution in [0, 0.1) is 5.82 Å². The molecule has 210 valence electrons. The number of nitrogens with zero attached hydrogens (tertiary/aromatic N) is 6. The van der Waals surface area contributed by atoms with Crippen molar-refractivity contribution in [3.05, 3.63) is 65.4 Å².